The molecule has 0 aliphatic rings. The lowest BCUT2D eigenvalue weighted by Crippen LogP contribution is -2.61. The van der Waals surface area contributed by atoms with Gasteiger partial charge in [-0.15, -0.1) is 0 Å². The number of aliphatic carboxylic acids is 1. The van der Waals surface area contributed by atoms with Crippen molar-refractivity contribution in [2.24, 2.45) is 40.7 Å². The molecule has 0 heterocycles. The monoisotopic (exact) mass is 900 g/mol. The molecule has 0 saturated carbocycles. The van der Waals surface area contributed by atoms with Gasteiger partial charge in [-0.25, -0.2) is 0 Å². The largest absolute Gasteiger partial charge is 0.481 e. The van der Waals surface area contributed by atoms with Crippen LogP contribution >= 0.6 is 0 Å². The van der Waals surface area contributed by atoms with E-state index in [9.17, 15) is 53.4 Å². The second kappa shape index (κ2) is 31.0. The molecule has 63 heavy (non-hydrogen) atoms. The fourth-order valence-electron chi connectivity index (χ4n) is 6.44. The average molecular weight is 900 g/mol. The minimum Gasteiger partial charge on any atom is -0.481 e. The van der Waals surface area contributed by atoms with Gasteiger partial charge >= 0.3 is 5.97 Å². The third-order valence-corrected chi connectivity index (χ3v) is 10.2. The Morgan fingerprint density at radius 1 is 0.508 bits per heavy atom. The van der Waals surface area contributed by atoms with Crippen LogP contribution in [0, 0.1) is 17.8 Å². The van der Waals surface area contributed by atoms with Crippen LogP contribution < -0.4 is 60.2 Å². The van der Waals surface area contributed by atoms with Crippen molar-refractivity contribution in [2.75, 3.05) is 19.6 Å². The summed E-state index contributed by atoms with van der Waals surface area (Å²) in [4.78, 5) is 118. The number of unbranched alkanes of at least 4 members (excludes halogenated alkanes) is 2. The van der Waals surface area contributed by atoms with Crippen LogP contribution in [0.3, 0.4) is 0 Å². The van der Waals surface area contributed by atoms with E-state index < -0.39 is 121 Å². The van der Waals surface area contributed by atoms with Gasteiger partial charge < -0.3 is 70.4 Å². The van der Waals surface area contributed by atoms with Crippen molar-refractivity contribution in [3.05, 3.63) is 0 Å². The summed E-state index contributed by atoms with van der Waals surface area (Å²) < 4.78 is 0. The molecule has 0 aliphatic heterocycles. The lowest BCUT2D eigenvalue weighted by atomic mass is 9.97. The SMILES string of the molecule is CC[C@H](C)[C@H](NC(=O)[C@H](CC(C)C)NC(=O)[C@H](CCCCN)NC(=O)[C@H](CCC(=O)O)NC(=O)[C@H](CCCCN)NC(=O)[C@H](CC(C)C)NC(=O)[C@@H](NC(=O)CN)[C@@H](C)O)C(N)=O. The quantitative estimate of drug-likeness (QED) is 0.0302. The minimum absolute atomic E-state index is 0.0182. The molecule has 0 aliphatic carbocycles. The average Bonchev–Trinajstić information content (AvgIpc) is 3.20. The number of aliphatic hydroxyl groups excluding tert-OH is 1. The lowest BCUT2D eigenvalue weighted by molar-refractivity contribution is -0.139. The summed E-state index contributed by atoms with van der Waals surface area (Å²) >= 11 is 0. The molecule has 0 radical (unpaired) electrons. The van der Waals surface area contributed by atoms with Crippen molar-refractivity contribution in [3.8, 4) is 0 Å². The van der Waals surface area contributed by atoms with Gasteiger partial charge in [0.25, 0.3) is 0 Å². The van der Waals surface area contributed by atoms with Crippen LogP contribution in [0.15, 0.2) is 0 Å². The maximum atomic E-state index is 14.0. The van der Waals surface area contributed by atoms with Gasteiger partial charge in [-0.2, -0.15) is 0 Å². The van der Waals surface area contributed by atoms with E-state index in [2.05, 4.69) is 37.2 Å². The Morgan fingerprint density at radius 2 is 0.889 bits per heavy atom. The highest BCUT2D eigenvalue weighted by Crippen LogP contribution is 2.13. The number of hydrogen-bond acceptors (Lipinski definition) is 13. The van der Waals surface area contributed by atoms with Gasteiger partial charge in [0, 0.05) is 6.42 Å². The molecule has 0 spiro atoms. The molecule has 0 saturated heterocycles. The highest BCUT2D eigenvalue weighted by atomic mass is 16.4. The third-order valence-electron chi connectivity index (χ3n) is 10.2. The summed E-state index contributed by atoms with van der Waals surface area (Å²) in [5.41, 5.74) is 22.3. The fraction of sp³-hybridized carbons (Fsp3) is 0.780. The first kappa shape index (κ1) is 58.1. The zero-order valence-electron chi connectivity index (χ0n) is 38.1. The number of carboxylic acids is 1. The normalized spacial score (nSPS) is 15.6. The zero-order valence-corrected chi connectivity index (χ0v) is 38.1. The Kier molecular flexibility index (Phi) is 28.6. The Balaban J connectivity index is 6.66. The third kappa shape index (κ3) is 23.4. The van der Waals surface area contributed by atoms with Gasteiger partial charge in [-0.1, -0.05) is 48.0 Å². The highest BCUT2D eigenvalue weighted by molar-refractivity contribution is 5.97. The predicted octanol–water partition coefficient (Wildman–Crippen LogP) is -2.53. The van der Waals surface area contributed by atoms with Crippen molar-refractivity contribution < 1.29 is 53.4 Å². The molecule has 9 atom stereocenters. The van der Waals surface area contributed by atoms with Gasteiger partial charge in [0.2, 0.25) is 47.3 Å². The molecule has 0 bridgehead atoms. The Bertz CT molecular complexity index is 1500. The van der Waals surface area contributed by atoms with E-state index in [4.69, 9.17) is 22.9 Å². The molecule has 8 amide bonds. The van der Waals surface area contributed by atoms with Crippen LogP contribution in [0.25, 0.3) is 0 Å². The summed E-state index contributed by atoms with van der Waals surface area (Å²) in [6.45, 7) is 12.1. The van der Waals surface area contributed by atoms with E-state index in [0.717, 1.165) is 0 Å². The fourth-order valence-corrected chi connectivity index (χ4v) is 6.44. The summed E-state index contributed by atoms with van der Waals surface area (Å²) in [5.74, 6) is -8.21. The van der Waals surface area contributed by atoms with Crippen LogP contribution in [0.1, 0.15) is 119 Å². The van der Waals surface area contributed by atoms with Gasteiger partial charge in [-0.05, 0) is 95.6 Å². The van der Waals surface area contributed by atoms with E-state index in [1.54, 1.807) is 20.8 Å². The summed E-state index contributed by atoms with van der Waals surface area (Å²) in [5, 5.41) is 37.7. The summed E-state index contributed by atoms with van der Waals surface area (Å²) in [6, 6.07) is -8.98. The topological polar surface area (TPSA) is 382 Å². The van der Waals surface area contributed by atoms with E-state index in [0.29, 0.717) is 32.1 Å². The van der Waals surface area contributed by atoms with Gasteiger partial charge in [-0.3, -0.25) is 43.2 Å². The van der Waals surface area contributed by atoms with E-state index in [1.165, 1.54) is 6.92 Å². The maximum Gasteiger partial charge on any atom is 0.303 e. The molecular weight excluding hydrogens is 823 g/mol. The van der Waals surface area contributed by atoms with Crippen molar-refractivity contribution in [2.45, 2.75) is 167 Å². The number of rotatable bonds is 33. The second-order valence-corrected chi connectivity index (χ2v) is 16.8. The molecule has 0 aromatic carbocycles. The second-order valence-electron chi connectivity index (χ2n) is 16.8. The number of aliphatic hydroxyl groups is 1. The van der Waals surface area contributed by atoms with Crippen molar-refractivity contribution in [3.63, 3.8) is 0 Å². The number of carboxylic acid groups (broad SMARTS) is 1. The number of hydrogen-bond donors (Lipinski definition) is 13. The number of primary amides is 1. The maximum absolute atomic E-state index is 14.0. The van der Waals surface area contributed by atoms with Crippen molar-refractivity contribution in [1.29, 1.82) is 0 Å². The summed E-state index contributed by atoms with van der Waals surface area (Å²) in [7, 11) is 0. The van der Waals surface area contributed by atoms with Crippen molar-refractivity contribution >= 4 is 53.2 Å². The van der Waals surface area contributed by atoms with E-state index in [1.807, 2.05) is 20.8 Å². The molecule has 22 heteroatoms. The smallest absolute Gasteiger partial charge is 0.303 e. The van der Waals surface area contributed by atoms with Gasteiger partial charge in [0.05, 0.1) is 12.6 Å². The number of nitrogens with one attached hydrogen (secondary N) is 7. The van der Waals surface area contributed by atoms with E-state index >= 15 is 0 Å². The summed E-state index contributed by atoms with van der Waals surface area (Å²) in [6.07, 6.45) is 0.0885. The van der Waals surface area contributed by atoms with Crippen LogP contribution in [-0.2, 0) is 43.2 Å². The Labute approximate surface area is 371 Å². The molecule has 0 fully saturated rings. The van der Waals surface area contributed by atoms with Crippen molar-refractivity contribution in [1.82, 2.24) is 37.2 Å². The predicted molar refractivity (Wildman–Crippen MR) is 234 cm³/mol. The number of carbonyl (C=O) groups is 9. The number of nitrogens with two attached hydrogens (primary N) is 4. The van der Waals surface area contributed by atoms with E-state index in [-0.39, 0.29) is 56.5 Å². The van der Waals surface area contributed by atoms with Gasteiger partial charge in [0.15, 0.2) is 0 Å². The minimum atomic E-state index is -1.53. The number of carbonyl (C=O) groups excluding carboxylic acids is 8. The molecule has 0 aromatic rings. The number of amides is 8. The Hall–Kier alpha value is -4.93. The Morgan fingerprint density at radius 3 is 1.24 bits per heavy atom. The molecule has 0 unspecified atom stereocenters. The molecule has 17 N–H and O–H groups in total. The van der Waals surface area contributed by atoms with Crippen LogP contribution in [0.4, 0.5) is 0 Å². The molecule has 0 rings (SSSR count). The highest BCUT2D eigenvalue weighted by Gasteiger charge is 2.35. The van der Waals surface area contributed by atoms with Crippen LogP contribution in [0.2, 0.25) is 0 Å². The molecule has 362 valence electrons. The molecule has 22 nitrogen and oxygen atoms in total. The lowest BCUT2D eigenvalue weighted by Gasteiger charge is -2.29. The molecule has 0 aromatic heterocycles. The van der Waals surface area contributed by atoms with Crippen LogP contribution in [0.5, 0.6) is 0 Å². The molecular formula is C41H77N11O11. The standard InChI is InChI=1S/C41H77N11O11/c1-8-24(6)33(35(45)57)52-40(62)30(20-23(4)5)49-37(59)27(14-10-12-18-43)46-38(60)28(15-16-32(55)56)48-36(58)26(13-9-11-17-42)47-39(61)29(19-22(2)3)50-41(63)34(25(7)53)51-31(54)21-44/h22-30,33-34,53H,8-21,42-44H2,1-7H3,(H2,45,57)(H,46,60)(H,47,61)(H,48,58)(H,49,59)(H,50,63)(H,51,54)(H,52,62)(H,55,56)/t24-,25+,26-,27-,28-,29-,30-,33-,34-/m0/s1. The van der Waals surface area contributed by atoms with Crippen LogP contribution in [-0.4, -0.2) is 131 Å². The first-order valence-electron chi connectivity index (χ1n) is 21.9. The first-order valence-corrected chi connectivity index (χ1v) is 21.9. The zero-order chi connectivity index (χ0) is 48.4. The van der Waals surface area contributed by atoms with Gasteiger partial charge in [0.1, 0.15) is 42.3 Å². The first-order chi connectivity index (χ1) is 29.5.